The Balaban J connectivity index is 1.29. The van der Waals surface area contributed by atoms with Crippen LogP contribution < -0.4 is 10.2 Å². The fourth-order valence-corrected chi connectivity index (χ4v) is 6.53. The molecule has 0 bridgehead atoms. The zero-order valence-corrected chi connectivity index (χ0v) is 23.4. The highest BCUT2D eigenvalue weighted by atomic mass is 32.2. The van der Waals surface area contributed by atoms with Gasteiger partial charge in [0, 0.05) is 30.2 Å². The summed E-state index contributed by atoms with van der Waals surface area (Å²) in [5, 5.41) is 26.2. The molecule has 200 valence electrons. The number of aliphatic hydroxyl groups is 1. The molecule has 4 heterocycles. The molecule has 0 spiro atoms. The molecule has 0 aliphatic carbocycles. The topological polar surface area (TPSA) is 137 Å². The number of aromatic nitrogens is 4. The number of aryl methyl sites for hydroxylation is 1. The number of thiophene rings is 1. The molecule has 39 heavy (non-hydrogen) atoms. The smallest absolute Gasteiger partial charge is 0.289 e. The van der Waals surface area contributed by atoms with Gasteiger partial charge in [0.25, 0.3) is 11.8 Å². The zero-order chi connectivity index (χ0) is 27.7. The average molecular weight is 563 g/mol. The predicted octanol–water partition coefficient (Wildman–Crippen LogP) is 3.19. The summed E-state index contributed by atoms with van der Waals surface area (Å²) in [6.07, 6.45) is 0.514. The third-order valence-corrected chi connectivity index (χ3v) is 8.92. The lowest BCUT2D eigenvalue weighted by molar-refractivity contribution is -0.119. The molecule has 2 atom stereocenters. The highest BCUT2D eigenvalue weighted by Crippen LogP contribution is 2.44. The molecule has 3 N–H and O–H groups in total. The molecule has 2 amide bonds. The monoisotopic (exact) mass is 562 g/mol. The van der Waals surface area contributed by atoms with E-state index in [1.807, 2.05) is 37.3 Å². The minimum atomic E-state index is -1.49. The number of H-pyrrole nitrogens is 1. The molecule has 0 radical (unpaired) electrons. The van der Waals surface area contributed by atoms with E-state index in [0.717, 1.165) is 25.9 Å². The van der Waals surface area contributed by atoms with Crippen LogP contribution in [0.5, 0.6) is 0 Å². The first kappa shape index (κ1) is 26.7. The van der Waals surface area contributed by atoms with Crippen molar-refractivity contribution in [2.45, 2.75) is 43.7 Å². The van der Waals surface area contributed by atoms with E-state index in [4.69, 9.17) is 4.52 Å². The second-order valence-electron chi connectivity index (χ2n) is 9.35. The van der Waals surface area contributed by atoms with Crippen LogP contribution in [0.4, 0.5) is 5.00 Å². The summed E-state index contributed by atoms with van der Waals surface area (Å²) in [5.41, 5.74) is 0.798. The number of likely N-dealkylation sites (N-methyl/N-ethyl adjacent to an activating group) is 1. The van der Waals surface area contributed by atoms with Crippen molar-refractivity contribution in [1.82, 2.24) is 25.7 Å². The Labute approximate surface area is 233 Å². The summed E-state index contributed by atoms with van der Waals surface area (Å²) in [6, 6.07) is 10.6. The van der Waals surface area contributed by atoms with E-state index >= 15 is 0 Å². The Morgan fingerprint density at radius 1 is 1.31 bits per heavy atom. The van der Waals surface area contributed by atoms with Gasteiger partial charge in [-0.25, -0.2) is 0 Å². The first-order valence-corrected chi connectivity index (χ1v) is 13.9. The second-order valence-corrected chi connectivity index (χ2v) is 11.4. The van der Waals surface area contributed by atoms with Gasteiger partial charge in [0.15, 0.2) is 5.60 Å². The molecule has 1 aliphatic heterocycles. The van der Waals surface area contributed by atoms with Gasteiger partial charge in [0.2, 0.25) is 5.82 Å². The Morgan fingerprint density at radius 3 is 2.79 bits per heavy atom. The van der Waals surface area contributed by atoms with E-state index in [1.54, 1.807) is 31.9 Å². The molecule has 12 heteroatoms. The molecule has 0 unspecified atom stereocenters. The summed E-state index contributed by atoms with van der Waals surface area (Å²) in [5.74, 6) is 6.74. The Bertz CT molecular complexity index is 1590. The minimum absolute atomic E-state index is 0.0588. The SMILES string of the molecule is Cc1cc([C@](C)(O)C#Cc2sc3c(c2C)SC[C@H](NC(=O)c2nnc(Cc4ccccc4)[nH]2)C(=O)N3C)no1. The third kappa shape index (κ3) is 5.61. The van der Waals surface area contributed by atoms with Gasteiger partial charge in [-0.05, 0) is 31.9 Å². The maximum absolute atomic E-state index is 13.3. The minimum Gasteiger partial charge on any atom is -0.372 e. The maximum atomic E-state index is 13.3. The van der Waals surface area contributed by atoms with Gasteiger partial charge < -0.3 is 24.8 Å². The summed E-state index contributed by atoms with van der Waals surface area (Å²) in [7, 11) is 1.68. The number of nitrogens with one attached hydrogen (secondary N) is 2. The molecule has 4 aromatic rings. The van der Waals surface area contributed by atoms with Gasteiger partial charge in [0.05, 0.1) is 4.88 Å². The Morgan fingerprint density at radius 2 is 2.08 bits per heavy atom. The lowest BCUT2D eigenvalue weighted by atomic mass is 10.0. The van der Waals surface area contributed by atoms with Crippen LogP contribution in [0.25, 0.3) is 0 Å². The van der Waals surface area contributed by atoms with Crippen molar-refractivity contribution in [3.8, 4) is 11.8 Å². The number of carbonyl (C=O) groups is 2. The first-order chi connectivity index (χ1) is 18.6. The molecule has 1 aliphatic rings. The van der Waals surface area contributed by atoms with Crippen molar-refractivity contribution in [2.75, 3.05) is 17.7 Å². The molecular formula is C27H26N6O4S2. The highest BCUT2D eigenvalue weighted by Gasteiger charge is 2.33. The van der Waals surface area contributed by atoms with Crippen molar-refractivity contribution in [1.29, 1.82) is 0 Å². The van der Waals surface area contributed by atoms with Crippen LogP contribution in [-0.4, -0.2) is 56.1 Å². The van der Waals surface area contributed by atoms with Crippen molar-refractivity contribution >= 4 is 39.9 Å². The Hall–Kier alpha value is -3.92. The number of hydrogen-bond acceptors (Lipinski definition) is 9. The number of aromatic amines is 1. The first-order valence-electron chi connectivity index (χ1n) is 12.1. The fourth-order valence-electron chi connectivity index (χ4n) is 4.00. The lowest BCUT2D eigenvalue weighted by Gasteiger charge is -2.20. The van der Waals surface area contributed by atoms with Crippen molar-refractivity contribution < 1.29 is 19.2 Å². The van der Waals surface area contributed by atoms with Crippen molar-refractivity contribution in [2.24, 2.45) is 0 Å². The van der Waals surface area contributed by atoms with Crippen LogP contribution in [0.2, 0.25) is 0 Å². The van der Waals surface area contributed by atoms with Gasteiger partial charge in [-0.15, -0.1) is 33.3 Å². The number of fused-ring (bicyclic) bond motifs is 1. The van der Waals surface area contributed by atoms with E-state index < -0.39 is 17.6 Å². The number of amides is 2. The quantitative estimate of drug-likeness (QED) is 0.316. The number of benzene rings is 1. The number of nitrogens with zero attached hydrogens (tertiary/aromatic N) is 4. The fraction of sp³-hybridized carbons (Fsp3) is 0.296. The van der Waals surface area contributed by atoms with Crippen LogP contribution in [0.15, 0.2) is 45.8 Å². The van der Waals surface area contributed by atoms with Crippen LogP contribution >= 0.6 is 23.1 Å². The van der Waals surface area contributed by atoms with Gasteiger partial charge >= 0.3 is 0 Å². The third-order valence-electron chi connectivity index (χ3n) is 6.22. The largest absolute Gasteiger partial charge is 0.372 e. The predicted molar refractivity (Wildman–Crippen MR) is 148 cm³/mol. The van der Waals surface area contributed by atoms with Gasteiger partial charge in [-0.1, -0.05) is 47.3 Å². The van der Waals surface area contributed by atoms with Gasteiger partial charge in [-0.2, -0.15) is 0 Å². The van der Waals surface area contributed by atoms with Gasteiger partial charge in [0.1, 0.15) is 28.3 Å². The standard InChI is InChI=1S/C27H26N6O4S2/c1-15-12-20(32-37-15)27(3,36)11-10-19-16(2)22-26(39-19)33(4)25(35)18(14-38-22)28-24(34)23-29-21(30-31-23)13-17-8-6-5-7-9-17/h5-9,12,18,36H,13-14H2,1-4H3,(H,28,34)(H,29,30,31)/t18-,27+/m0/s1. The van der Waals surface area contributed by atoms with E-state index in [0.29, 0.717) is 29.5 Å². The zero-order valence-electron chi connectivity index (χ0n) is 21.7. The summed E-state index contributed by atoms with van der Waals surface area (Å²) in [4.78, 5) is 32.4. The van der Waals surface area contributed by atoms with Crippen LogP contribution in [0.3, 0.4) is 0 Å². The van der Waals surface area contributed by atoms with Crippen molar-refractivity contribution in [3.05, 3.63) is 75.5 Å². The molecule has 5 rings (SSSR count). The number of carbonyl (C=O) groups excluding carboxylic acids is 2. The molecule has 10 nitrogen and oxygen atoms in total. The Kier molecular flexibility index (Phi) is 7.31. The van der Waals surface area contributed by atoms with Crippen LogP contribution in [-0.2, 0) is 16.8 Å². The molecule has 0 saturated carbocycles. The molecule has 3 aromatic heterocycles. The van der Waals surface area contributed by atoms with E-state index in [9.17, 15) is 14.7 Å². The molecule has 0 fully saturated rings. The second kappa shape index (κ2) is 10.7. The average Bonchev–Trinajstić information content (AvgIpc) is 3.63. The molecule has 1 aromatic carbocycles. The van der Waals surface area contributed by atoms with Crippen LogP contribution in [0.1, 0.15) is 50.8 Å². The van der Waals surface area contributed by atoms with Crippen molar-refractivity contribution in [3.63, 3.8) is 0 Å². The van der Waals surface area contributed by atoms with E-state index in [-0.39, 0.29) is 11.7 Å². The van der Waals surface area contributed by atoms with E-state index in [2.05, 4.69) is 37.5 Å². The summed E-state index contributed by atoms with van der Waals surface area (Å²) >= 11 is 2.84. The van der Waals surface area contributed by atoms with E-state index in [1.165, 1.54) is 23.1 Å². The number of rotatable bonds is 5. The normalized spacial score (nSPS) is 16.6. The van der Waals surface area contributed by atoms with Gasteiger partial charge in [-0.3, -0.25) is 9.59 Å². The highest BCUT2D eigenvalue weighted by molar-refractivity contribution is 7.99. The molecular weight excluding hydrogens is 536 g/mol. The molecule has 0 saturated heterocycles. The summed E-state index contributed by atoms with van der Waals surface area (Å²) in [6.45, 7) is 5.23. The van der Waals surface area contributed by atoms with Crippen LogP contribution in [0, 0.1) is 25.7 Å². The lowest BCUT2D eigenvalue weighted by Crippen LogP contribution is -2.48. The summed E-state index contributed by atoms with van der Waals surface area (Å²) < 4.78 is 5.06. The number of anilines is 1. The number of thioether (sulfide) groups is 1. The number of hydrogen-bond donors (Lipinski definition) is 3. The maximum Gasteiger partial charge on any atom is 0.289 e.